The molecular formula is C15H28N4O. The number of aromatic nitrogens is 2. The van der Waals surface area contributed by atoms with Crippen molar-refractivity contribution in [1.29, 1.82) is 0 Å². The van der Waals surface area contributed by atoms with E-state index in [1.165, 1.54) is 0 Å². The number of hydrogen-bond acceptors (Lipinski definition) is 5. The van der Waals surface area contributed by atoms with Crippen LogP contribution in [0.3, 0.4) is 0 Å². The minimum atomic E-state index is 0.0542. The predicted molar refractivity (Wildman–Crippen MR) is 84.1 cm³/mol. The van der Waals surface area contributed by atoms with Crippen LogP contribution in [-0.4, -0.2) is 34.3 Å². The van der Waals surface area contributed by atoms with Crippen molar-refractivity contribution in [3.8, 4) is 0 Å². The lowest BCUT2D eigenvalue weighted by atomic mass is 9.85. The van der Waals surface area contributed by atoms with Gasteiger partial charge in [-0.2, -0.15) is 0 Å². The number of nitrogens with one attached hydrogen (secondary N) is 2. The maximum Gasteiger partial charge on any atom is 0.132 e. The largest absolute Gasteiger partial charge is 0.396 e. The highest BCUT2D eigenvalue weighted by molar-refractivity contribution is 5.48. The maximum atomic E-state index is 9.22. The monoisotopic (exact) mass is 280 g/mol. The molecule has 0 fully saturated rings. The average Bonchev–Trinajstić information content (AvgIpc) is 2.34. The van der Waals surface area contributed by atoms with Gasteiger partial charge in [0.1, 0.15) is 17.5 Å². The Morgan fingerprint density at radius 1 is 1.25 bits per heavy atom. The van der Waals surface area contributed by atoms with Crippen LogP contribution in [-0.2, 0) is 0 Å². The molecule has 1 rings (SSSR count). The van der Waals surface area contributed by atoms with E-state index < -0.39 is 0 Å². The van der Waals surface area contributed by atoms with Gasteiger partial charge in [-0.15, -0.1) is 0 Å². The third kappa shape index (κ3) is 5.33. The summed E-state index contributed by atoms with van der Waals surface area (Å²) in [6, 6.07) is 2.10. The number of anilines is 2. The van der Waals surface area contributed by atoms with Crippen molar-refractivity contribution >= 4 is 11.6 Å². The second-order valence-electron chi connectivity index (χ2n) is 6.19. The molecule has 0 spiro atoms. The molecule has 0 amide bonds. The van der Waals surface area contributed by atoms with Gasteiger partial charge in [-0.05, 0) is 25.2 Å². The van der Waals surface area contributed by atoms with Crippen LogP contribution in [0.4, 0.5) is 11.6 Å². The highest BCUT2D eigenvalue weighted by Crippen LogP contribution is 2.25. The van der Waals surface area contributed by atoms with Crippen LogP contribution in [0.2, 0.25) is 0 Å². The molecule has 1 atom stereocenters. The Bertz CT molecular complexity index is 415. The SMILES string of the molecule is CCCNc1cc(NC(CCO)C(C)(C)C)nc(C)n1. The van der Waals surface area contributed by atoms with Gasteiger partial charge in [-0.1, -0.05) is 27.7 Å². The molecule has 0 aliphatic rings. The summed E-state index contributed by atoms with van der Waals surface area (Å²) < 4.78 is 0. The zero-order valence-corrected chi connectivity index (χ0v) is 13.3. The lowest BCUT2D eigenvalue weighted by molar-refractivity contribution is 0.235. The van der Waals surface area contributed by atoms with E-state index in [9.17, 15) is 5.11 Å². The van der Waals surface area contributed by atoms with E-state index in [4.69, 9.17) is 0 Å². The summed E-state index contributed by atoms with van der Waals surface area (Å²) in [5.41, 5.74) is 0.0542. The molecule has 1 unspecified atom stereocenters. The predicted octanol–water partition coefficient (Wildman–Crippen LogP) is 2.82. The first-order valence-corrected chi connectivity index (χ1v) is 7.33. The molecule has 114 valence electrons. The minimum absolute atomic E-state index is 0.0542. The van der Waals surface area contributed by atoms with Crippen molar-refractivity contribution in [2.75, 3.05) is 23.8 Å². The molecule has 0 aliphatic carbocycles. The van der Waals surface area contributed by atoms with Gasteiger partial charge < -0.3 is 15.7 Å². The molecule has 1 aromatic heterocycles. The van der Waals surface area contributed by atoms with Gasteiger partial charge >= 0.3 is 0 Å². The molecule has 1 heterocycles. The quantitative estimate of drug-likeness (QED) is 0.716. The molecule has 20 heavy (non-hydrogen) atoms. The molecule has 5 heteroatoms. The Morgan fingerprint density at radius 2 is 1.90 bits per heavy atom. The van der Waals surface area contributed by atoms with Gasteiger partial charge in [0.2, 0.25) is 0 Å². The van der Waals surface area contributed by atoms with E-state index in [2.05, 4.69) is 48.3 Å². The molecule has 0 saturated heterocycles. The van der Waals surface area contributed by atoms with E-state index in [1.54, 1.807) is 0 Å². The highest BCUT2D eigenvalue weighted by Gasteiger charge is 2.24. The van der Waals surface area contributed by atoms with Crippen molar-refractivity contribution in [2.45, 2.75) is 53.5 Å². The third-order valence-corrected chi connectivity index (χ3v) is 3.18. The van der Waals surface area contributed by atoms with Crippen LogP contribution in [0.1, 0.15) is 46.4 Å². The molecule has 3 N–H and O–H groups in total. The van der Waals surface area contributed by atoms with Crippen LogP contribution in [0, 0.1) is 12.3 Å². The molecule has 0 saturated carbocycles. The van der Waals surface area contributed by atoms with Crippen molar-refractivity contribution in [3.05, 3.63) is 11.9 Å². The van der Waals surface area contributed by atoms with Gasteiger partial charge in [0.25, 0.3) is 0 Å². The molecule has 0 radical (unpaired) electrons. The van der Waals surface area contributed by atoms with E-state index in [1.807, 2.05) is 13.0 Å². The van der Waals surface area contributed by atoms with Gasteiger partial charge in [0.15, 0.2) is 0 Å². The number of aliphatic hydroxyl groups is 1. The minimum Gasteiger partial charge on any atom is -0.396 e. The summed E-state index contributed by atoms with van der Waals surface area (Å²) in [5.74, 6) is 2.40. The van der Waals surface area contributed by atoms with Gasteiger partial charge in [-0.25, -0.2) is 9.97 Å². The van der Waals surface area contributed by atoms with E-state index in [-0.39, 0.29) is 18.1 Å². The Labute approximate surface area is 122 Å². The number of aliphatic hydroxyl groups excluding tert-OH is 1. The van der Waals surface area contributed by atoms with Crippen molar-refractivity contribution in [1.82, 2.24) is 9.97 Å². The lowest BCUT2D eigenvalue weighted by Crippen LogP contribution is -2.35. The number of nitrogens with zero attached hydrogens (tertiary/aromatic N) is 2. The van der Waals surface area contributed by atoms with Crippen LogP contribution < -0.4 is 10.6 Å². The molecule has 0 bridgehead atoms. The molecule has 5 nitrogen and oxygen atoms in total. The van der Waals surface area contributed by atoms with Gasteiger partial charge in [0.05, 0.1) is 0 Å². The van der Waals surface area contributed by atoms with E-state index in [0.29, 0.717) is 6.42 Å². The fraction of sp³-hybridized carbons (Fsp3) is 0.733. The van der Waals surface area contributed by atoms with Crippen LogP contribution >= 0.6 is 0 Å². The van der Waals surface area contributed by atoms with Crippen LogP contribution in [0.5, 0.6) is 0 Å². The first-order chi connectivity index (χ1) is 9.36. The number of aryl methyl sites for hydroxylation is 1. The summed E-state index contributed by atoms with van der Waals surface area (Å²) in [6.07, 6.45) is 1.76. The van der Waals surface area contributed by atoms with Crippen molar-refractivity contribution < 1.29 is 5.11 Å². The molecule has 1 aromatic rings. The van der Waals surface area contributed by atoms with E-state index >= 15 is 0 Å². The van der Waals surface area contributed by atoms with E-state index in [0.717, 1.165) is 30.4 Å². The molecular weight excluding hydrogens is 252 g/mol. The fourth-order valence-corrected chi connectivity index (χ4v) is 2.01. The first-order valence-electron chi connectivity index (χ1n) is 7.33. The molecule has 0 aliphatic heterocycles. The zero-order chi connectivity index (χ0) is 15.2. The zero-order valence-electron chi connectivity index (χ0n) is 13.3. The first kappa shape index (κ1) is 16.7. The van der Waals surface area contributed by atoms with Gasteiger partial charge in [0, 0.05) is 25.3 Å². The summed E-state index contributed by atoms with van der Waals surface area (Å²) in [6.45, 7) is 11.5. The second-order valence-corrected chi connectivity index (χ2v) is 6.19. The van der Waals surface area contributed by atoms with Crippen molar-refractivity contribution in [2.24, 2.45) is 5.41 Å². The average molecular weight is 280 g/mol. The highest BCUT2D eigenvalue weighted by atomic mass is 16.3. The Hall–Kier alpha value is -1.36. The molecule has 0 aromatic carbocycles. The summed E-state index contributed by atoms with van der Waals surface area (Å²) in [5, 5.41) is 15.9. The topological polar surface area (TPSA) is 70.1 Å². The van der Waals surface area contributed by atoms with Crippen LogP contribution in [0.15, 0.2) is 6.07 Å². The van der Waals surface area contributed by atoms with Crippen LogP contribution in [0.25, 0.3) is 0 Å². The summed E-state index contributed by atoms with van der Waals surface area (Å²) in [4.78, 5) is 8.81. The Morgan fingerprint density at radius 3 is 2.45 bits per heavy atom. The number of rotatable bonds is 7. The van der Waals surface area contributed by atoms with Crippen molar-refractivity contribution in [3.63, 3.8) is 0 Å². The third-order valence-electron chi connectivity index (χ3n) is 3.18. The Kier molecular flexibility index (Phi) is 6.20. The summed E-state index contributed by atoms with van der Waals surface area (Å²) in [7, 11) is 0. The lowest BCUT2D eigenvalue weighted by Gasteiger charge is -2.31. The second kappa shape index (κ2) is 7.43. The smallest absolute Gasteiger partial charge is 0.132 e. The normalized spacial score (nSPS) is 13.1. The summed E-state index contributed by atoms with van der Waals surface area (Å²) >= 11 is 0. The Balaban J connectivity index is 2.86. The van der Waals surface area contributed by atoms with Gasteiger partial charge in [-0.3, -0.25) is 0 Å². The number of hydrogen-bond donors (Lipinski definition) is 3. The maximum absolute atomic E-state index is 9.22. The fourth-order valence-electron chi connectivity index (χ4n) is 2.01. The standard InChI is InChI=1S/C15H28N4O/c1-6-8-16-13-10-14(18-11(2)17-13)19-12(7-9-20)15(3,4)5/h10,12,20H,6-9H2,1-5H3,(H2,16,17,18,19).